The highest BCUT2D eigenvalue weighted by atomic mass is 35.5. The third kappa shape index (κ3) is 8.55. The van der Waals surface area contributed by atoms with E-state index in [4.69, 9.17) is 17.2 Å². The molecular weight excluding hydrogens is 964 g/mol. The Bertz CT molecular complexity index is 3260. The van der Waals surface area contributed by atoms with Crippen molar-refractivity contribution in [1.82, 2.24) is 31.1 Å². The van der Waals surface area contributed by atoms with Gasteiger partial charge in [0.25, 0.3) is 47.3 Å². The molecule has 3 heterocycles. The maximum Gasteiger partial charge on any atom is 0.265 e. The van der Waals surface area contributed by atoms with E-state index in [-0.39, 0.29) is 105 Å². The van der Waals surface area contributed by atoms with E-state index in [1.807, 2.05) is 0 Å². The molecule has 20 heteroatoms. The van der Waals surface area contributed by atoms with Gasteiger partial charge >= 0.3 is 0 Å². The van der Waals surface area contributed by atoms with Gasteiger partial charge in [0.05, 0.1) is 5.69 Å². The van der Waals surface area contributed by atoms with Gasteiger partial charge in [-0.05, 0) is 72.8 Å². The minimum Gasteiger partial charge on any atom is -0.398 e. The molecule has 0 spiro atoms. The van der Waals surface area contributed by atoms with Gasteiger partial charge < -0.3 is 38.5 Å². The number of carbonyl (C=O) groups excluding carboxylic acids is 8. The van der Waals surface area contributed by atoms with Crippen molar-refractivity contribution >= 4 is 127 Å². The lowest BCUT2D eigenvalue weighted by atomic mass is 9.92. The predicted octanol–water partition coefficient (Wildman–Crippen LogP) is 4.77. The van der Waals surface area contributed by atoms with Crippen molar-refractivity contribution in [2.24, 2.45) is 0 Å². The molecule has 10 rings (SSSR count). The summed E-state index contributed by atoms with van der Waals surface area (Å²) >= 11 is 0. The lowest BCUT2D eigenvalue weighted by Crippen LogP contribution is -2.44. The Kier molecular flexibility index (Phi) is 14.0. The first-order chi connectivity index (χ1) is 33.8. The Balaban J connectivity index is 0.00000347. The number of amides is 8. The van der Waals surface area contributed by atoms with Gasteiger partial charge in [-0.15, -0.1) is 24.8 Å². The summed E-state index contributed by atoms with van der Waals surface area (Å²) in [7, 11) is 0. The number of nitrogen functional groups attached to an aromatic ring is 3. The van der Waals surface area contributed by atoms with Crippen molar-refractivity contribution in [3.63, 3.8) is 0 Å². The quantitative estimate of drug-likeness (QED) is 0.0415. The fourth-order valence-electron chi connectivity index (χ4n) is 9.46. The first kappa shape index (κ1) is 50.0. The molecule has 366 valence electrons. The first-order valence-corrected chi connectivity index (χ1v) is 22.5. The molecule has 3 aliphatic rings. The van der Waals surface area contributed by atoms with Crippen molar-refractivity contribution in [3.8, 4) is 0 Å². The molecule has 0 bridgehead atoms. The molecule has 7 aromatic carbocycles. The third-order valence-corrected chi connectivity index (χ3v) is 12.9. The van der Waals surface area contributed by atoms with Crippen LogP contribution in [0.15, 0.2) is 109 Å². The first-order valence-electron chi connectivity index (χ1n) is 22.5. The van der Waals surface area contributed by atoms with E-state index in [1.54, 1.807) is 84.9 Å². The smallest absolute Gasteiger partial charge is 0.265 e. The largest absolute Gasteiger partial charge is 0.398 e. The van der Waals surface area contributed by atoms with Crippen molar-refractivity contribution in [3.05, 3.63) is 154 Å². The number of imide groups is 3. The number of nitrogens with one attached hydrogen (secondary N) is 4. The second-order valence-corrected chi connectivity index (χ2v) is 17.0. The van der Waals surface area contributed by atoms with Crippen LogP contribution in [0.25, 0.3) is 32.3 Å². The molecule has 0 unspecified atom stereocenters. The van der Waals surface area contributed by atoms with Crippen molar-refractivity contribution in [2.45, 2.75) is 0 Å². The Morgan fingerprint density at radius 3 is 1.11 bits per heavy atom. The summed E-state index contributed by atoms with van der Waals surface area (Å²) < 4.78 is 0. The van der Waals surface area contributed by atoms with Crippen molar-refractivity contribution < 1.29 is 38.4 Å². The van der Waals surface area contributed by atoms with E-state index in [0.29, 0.717) is 71.6 Å². The summed E-state index contributed by atoms with van der Waals surface area (Å²) in [4.78, 5) is 113. The number of nitrogens with zero attached hydrogens (tertiary/aromatic N) is 3. The number of carbonyl (C=O) groups is 8. The molecule has 0 fully saturated rings. The lowest BCUT2D eigenvalue weighted by Gasteiger charge is -2.28. The summed E-state index contributed by atoms with van der Waals surface area (Å²) in [5, 5.41) is 15.1. The van der Waals surface area contributed by atoms with Crippen LogP contribution in [0.4, 0.5) is 22.7 Å². The fourth-order valence-corrected chi connectivity index (χ4v) is 9.46. The Labute approximate surface area is 423 Å². The van der Waals surface area contributed by atoms with E-state index in [2.05, 4.69) is 21.3 Å². The molecular formula is C52H46Cl2N10O8. The molecule has 0 saturated heterocycles. The van der Waals surface area contributed by atoms with Gasteiger partial charge in [-0.1, -0.05) is 36.4 Å². The van der Waals surface area contributed by atoms with Gasteiger partial charge in [-0.3, -0.25) is 48.2 Å². The maximum atomic E-state index is 14.1. The molecule has 0 radical (unpaired) electrons. The monoisotopic (exact) mass is 1010 g/mol. The zero-order chi connectivity index (χ0) is 49.0. The SMILES string of the molecule is Cl.Cl.Nc1ccc2c3c(cccc13)C(=O)N(CCNCCNC(=O)c1cc(C(=O)NCCNCCN3C(=O)c4cccc5c(N)ccc(c45)C3=O)cc(N3C(=O)c4cccc5c(N)ccc(c45)C3=O)c1)C2=O. The number of nitrogens with two attached hydrogens (primary N) is 3. The van der Waals surface area contributed by atoms with Gasteiger partial charge in [-0.25, -0.2) is 4.90 Å². The number of halogens is 2. The fraction of sp³-hybridized carbons (Fsp3) is 0.154. The van der Waals surface area contributed by atoms with Gasteiger partial charge in [0.15, 0.2) is 0 Å². The molecule has 0 aliphatic carbocycles. The van der Waals surface area contributed by atoms with Crippen LogP contribution >= 0.6 is 24.8 Å². The second-order valence-electron chi connectivity index (χ2n) is 17.0. The third-order valence-electron chi connectivity index (χ3n) is 12.9. The topological polar surface area (TPSA) is 272 Å². The average Bonchev–Trinajstić information content (AvgIpc) is 3.36. The predicted molar refractivity (Wildman–Crippen MR) is 278 cm³/mol. The van der Waals surface area contributed by atoms with Gasteiger partial charge in [-0.2, -0.15) is 0 Å². The number of hydrogen-bond acceptors (Lipinski definition) is 13. The highest BCUT2D eigenvalue weighted by Crippen LogP contribution is 2.37. The molecule has 3 aliphatic heterocycles. The Morgan fingerprint density at radius 1 is 0.403 bits per heavy atom. The summed E-state index contributed by atoms with van der Waals surface area (Å²) in [5.41, 5.74) is 21.7. The molecule has 8 amide bonds. The van der Waals surface area contributed by atoms with Crippen LogP contribution in [0.1, 0.15) is 82.9 Å². The molecule has 0 saturated carbocycles. The lowest BCUT2D eigenvalue weighted by molar-refractivity contribution is 0.0596. The summed E-state index contributed by atoms with van der Waals surface area (Å²) in [5.74, 6) is -4.30. The molecule has 10 N–H and O–H groups in total. The number of benzene rings is 7. The second kappa shape index (κ2) is 20.1. The normalized spacial score (nSPS) is 13.7. The van der Waals surface area contributed by atoms with E-state index in [1.165, 1.54) is 34.1 Å². The summed E-state index contributed by atoms with van der Waals surface area (Å²) in [6.45, 7) is 1.20. The minimum absolute atomic E-state index is 0. The standard InChI is InChI=1S/C52H44N10O8.2ClH/c53-39-13-10-36-42-30(39)4-1-7-33(42)47(65)60(49(36)67)22-20-56-16-18-58-45(63)27-24-28(26-29(25-27)62-51(69)35-9-3-6-32-41(55)15-12-38(44(32)35)52(62)70)46(64)59-19-17-57-21-23-61-48(66)34-8-2-5-31-40(54)14-11-37(43(31)34)50(61)68;;/h1-15,24-26,56-57H,16-23,53-55H2,(H,58,63)(H,59,64);2*1H. The van der Waals surface area contributed by atoms with E-state index < -0.39 is 47.3 Å². The van der Waals surface area contributed by atoms with Gasteiger partial charge in [0.1, 0.15) is 0 Å². The minimum atomic E-state index is -0.670. The number of anilines is 4. The Morgan fingerprint density at radius 2 is 0.736 bits per heavy atom. The number of hydrogen-bond donors (Lipinski definition) is 7. The van der Waals surface area contributed by atoms with Crippen LogP contribution in [-0.4, -0.2) is 109 Å². The van der Waals surface area contributed by atoms with E-state index in [9.17, 15) is 38.4 Å². The molecule has 0 atom stereocenters. The van der Waals surface area contributed by atoms with Crippen LogP contribution in [0, 0.1) is 0 Å². The van der Waals surface area contributed by atoms with Crippen LogP contribution in [0.5, 0.6) is 0 Å². The molecule has 72 heavy (non-hydrogen) atoms. The van der Waals surface area contributed by atoms with Crippen LogP contribution < -0.4 is 43.4 Å². The number of rotatable bonds is 15. The maximum absolute atomic E-state index is 14.1. The molecule has 18 nitrogen and oxygen atoms in total. The highest BCUT2D eigenvalue weighted by molar-refractivity contribution is 6.37. The van der Waals surface area contributed by atoms with Crippen LogP contribution in [-0.2, 0) is 0 Å². The summed E-state index contributed by atoms with van der Waals surface area (Å²) in [6.07, 6.45) is 0. The van der Waals surface area contributed by atoms with Crippen LogP contribution in [0.3, 0.4) is 0 Å². The molecule has 7 aromatic rings. The zero-order valence-electron chi connectivity index (χ0n) is 38.2. The average molecular weight is 1010 g/mol. The van der Waals surface area contributed by atoms with Gasteiger partial charge in [0, 0.05) is 146 Å². The summed E-state index contributed by atoms with van der Waals surface area (Å²) in [6, 6.07) is 29.0. The van der Waals surface area contributed by atoms with Crippen molar-refractivity contribution in [1.29, 1.82) is 0 Å². The van der Waals surface area contributed by atoms with Crippen LogP contribution in [0.2, 0.25) is 0 Å². The van der Waals surface area contributed by atoms with Crippen molar-refractivity contribution in [2.75, 3.05) is 74.5 Å². The van der Waals surface area contributed by atoms with Gasteiger partial charge in [0.2, 0.25) is 0 Å². The highest BCUT2D eigenvalue weighted by Gasteiger charge is 2.37. The molecule has 0 aromatic heterocycles. The van der Waals surface area contributed by atoms with E-state index >= 15 is 0 Å². The Hall–Kier alpha value is -8.42. The zero-order valence-corrected chi connectivity index (χ0v) is 39.8. The van der Waals surface area contributed by atoms with E-state index in [0.717, 1.165) is 4.90 Å².